The topological polar surface area (TPSA) is 15.3 Å². The lowest BCUT2D eigenvalue weighted by Gasteiger charge is -2.19. The first-order valence-corrected chi connectivity index (χ1v) is 6.81. The summed E-state index contributed by atoms with van der Waals surface area (Å²) in [6, 6.07) is 0.653. The molecule has 0 spiro atoms. The third-order valence-corrected chi connectivity index (χ3v) is 3.08. The highest BCUT2D eigenvalue weighted by atomic mass is 15.1. The average molecular weight is 226 g/mol. The number of allylic oxidation sites excluding steroid dienone is 1. The van der Waals surface area contributed by atoms with Crippen LogP contribution in [0.4, 0.5) is 0 Å². The second kappa shape index (κ2) is 11.2. The molecule has 0 bridgehead atoms. The SMILES string of the molecule is C=CCCCNC(C)CCCN(CC)CC. The Morgan fingerprint density at radius 3 is 2.50 bits per heavy atom. The summed E-state index contributed by atoms with van der Waals surface area (Å²) in [5.74, 6) is 0. The minimum Gasteiger partial charge on any atom is -0.314 e. The molecular formula is C14H30N2. The van der Waals surface area contributed by atoms with Gasteiger partial charge in [-0.2, -0.15) is 0 Å². The maximum Gasteiger partial charge on any atom is 0.00392 e. The van der Waals surface area contributed by atoms with Crippen molar-refractivity contribution in [1.82, 2.24) is 10.2 Å². The molecule has 0 saturated carbocycles. The van der Waals surface area contributed by atoms with Crippen LogP contribution in [0.25, 0.3) is 0 Å². The zero-order valence-electron chi connectivity index (χ0n) is 11.5. The summed E-state index contributed by atoms with van der Waals surface area (Å²) in [7, 11) is 0. The summed E-state index contributed by atoms with van der Waals surface area (Å²) in [5, 5.41) is 3.56. The Morgan fingerprint density at radius 2 is 1.94 bits per heavy atom. The Kier molecular flexibility index (Phi) is 10.9. The Hall–Kier alpha value is -0.340. The summed E-state index contributed by atoms with van der Waals surface area (Å²) in [4.78, 5) is 2.49. The molecule has 0 rings (SSSR count). The van der Waals surface area contributed by atoms with Gasteiger partial charge >= 0.3 is 0 Å². The van der Waals surface area contributed by atoms with Crippen molar-refractivity contribution in [1.29, 1.82) is 0 Å². The highest BCUT2D eigenvalue weighted by molar-refractivity contribution is 4.68. The molecule has 1 atom stereocenters. The van der Waals surface area contributed by atoms with Crippen molar-refractivity contribution < 1.29 is 0 Å². The second-order valence-electron chi connectivity index (χ2n) is 4.46. The van der Waals surface area contributed by atoms with Crippen LogP contribution in [0.5, 0.6) is 0 Å². The van der Waals surface area contributed by atoms with E-state index in [4.69, 9.17) is 0 Å². The fourth-order valence-corrected chi connectivity index (χ4v) is 1.86. The lowest BCUT2D eigenvalue weighted by atomic mass is 10.1. The Labute approximate surface area is 102 Å². The van der Waals surface area contributed by atoms with Crippen LogP contribution in [0.15, 0.2) is 12.7 Å². The van der Waals surface area contributed by atoms with E-state index in [0.29, 0.717) is 6.04 Å². The first kappa shape index (κ1) is 15.7. The van der Waals surface area contributed by atoms with Crippen LogP contribution >= 0.6 is 0 Å². The summed E-state index contributed by atoms with van der Waals surface area (Å²) in [6.07, 6.45) is 6.91. The van der Waals surface area contributed by atoms with Gasteiger partial charge in [-0.25, -0.2) is 0 Å². The molecule has 0 fully saturated rings. The Morgan fingerprint density at radius 1 is 1.25 bits per heavy atom. The van der Waals surface area contributed by atoms with E-state index in [1.165, 1.54) is 38.9 Å². The number of nitrogens with one attached hydrogen (secondary N) is 1. The van der Waals surface area contributed by atoms with Crippen LogP contribution in [0, 0.1) is 0 Å². The molecule has 0 heterocycles. The molecule has 96 valence electrons. The normalized spacial score (nSPS) is 13.0. The third kappa shape index (κ3) is 8.93. The monoisotopic (exact) mass is 226 g/mol. The zero-order valence-corrected chi connectivity index (χ0v) is 11.5. The largest absolute Gasteiger partial charge is 0.314 e. The maximum absolute atomic E-state index is 3.73. The van der Waals surface area contributed by atoms with Crippen molar-refractivity contribution in [3.05, 3.63) is 12.7 Å². The van der Waals surface area contributed by atoms with Crippen molar-refractivity contribution in [2.45, 2.75) is 52.5 Å². The first-order chi connectivity index (χ1) is 7.74. The Bertz CT molecular complexity index is 153. The maximum atomic E-state index is 3.73. The summed E-state index contributed by atoms with van der Waals surface area (Å²) >= 11 is 0. The second-order valence-corrected chi connectivity index (χ2v) is 4.46. The molecule has 0 saturated heterocycles. The quantitative estimate of drug-likeness (QED) is 0.430. The molecule has 0 aromatic rings. The number of nitrogens with zero attached hydrogens (tertiary/aromatic N) is 1. The van der Waals surface area contributed by atoms with Gasteiger partial charge in [-0.1, -0.05) is 19.9 Å². The lowest BCUT2D eigenvalue weighted by molar-refractivity contribution is 0.290. The molecule has 1 N–H and O–H groups in total. The number of hydrogen-bond donors (Lipinski definition) is 1. The van der Waals surface area contributed by atoms with Crippen molar-refractivity contribution in [3.63, 3.8) is 0 Å². The van der Waals surface area contributed by atoms with Crippen molar-refractivity contribution >= 4 is 0 Å². The van der Waals surface area contributed by atoms with Crippen molar-refractivity contribution in [2.75, 3.05) is 26.2 Å². The number of hydrogen-bond acceptors (Lipinski definition) is 2. The fourth-order valence-electron chi connectivity index (χ4n) is 1.86. The standard InChI is InChI=1S/C14H30N2/c1-5-8-9-12-15-14(4)11-10-13-16(6-2)7-3/h5,14-15H,1,6-13H2,2-4H3. The highest BCUT2D eigenvalue weighted by Crippen LogP contribution is 2.00. The van der Waals surface area contributed by atoms with Crippen LogP contribution in [0.2, 0.25) is 0 Å². The minimum atomic E-state index is 0.653. The molecule has 0 aliphatic heterocycles. The van der Waals surface area contributed by atoms with Crippen LogP contribution in [0.1, 0.15) is 46.5 Å². The van der Waals surface area contributed by atoms with Gasteiger partial charge in [0, 0.05) is 6.04 Å². The van der Waals surface area contributed by atoms with Crippen molar-refractivity contribution in [3.8, 4) is 0 Å². The molecule has 0 aromatic carbocycles. The van der Waals surface area contributed by atoms with E-state index in [1.807, 2.05) is 6.08 Å². The molecule has 0 aromatic heterocycles. The van der Waals surface area contributed by atoms with E-state index in [9.17, 15) is 0 Å². The van der Waals surface area contributed by atoms with E-state index in [1.54, 1.807) is 0 Å². The van der Waals surface area contributed by atoms with Crippen LogP contribution in [-0.2, 0) is 0 Å². The van der Waals surface area contributed by atoms with E-state index in [2.05, 4.69) is 37.6 Å². The predicted octanol–water partition coefficient (Wildman–Crippen LogP) is 3.05. The van der Waals surface area contributed by atoms with Gasteiger partial charge in [0.15, 0.2) is 0 Å². The van der Waals surface area contributed by atoms with Gasteiger partial charge in [0.25, 0.3) is 0 Å². The number of unbranched alkanes of at least 4 members (excludes halogenated alkanes) is 1. The van der Waals surface area contributed by atoms with Gasteiger partial charge in [-0.3, -0.25) is 0 Å². The zero-order chi connectivity index (χ0) is 12.2. The molecule has 2 heteroatoms. The molecule has 0 aliphatic carbocycles. The average Bonchev–Trinajstić information content (AvgIpc) is 2.30. The molecule has 1 unspecified atom stereocenters. The van der Waals surface area contributed by atoms with Crippen molar-refractivity contribution in [2.24, 2.45) is 0 Å². The molecule has 16 heavy (non-hydrogen) atoms. The smallest absolute Gasteiger partial charge is 0.00392 e. The molecular weight excluding hydrogens is 196 g/mol. The molecule has 2 nitrogen and oxygen atoms in total. The van der Waals surface area contributed by atoms with E-state index < -0.39 is 0 Å². The van der Waals surface area contributed by atoms with Gasteiger partial charge in [0.2, 0.25) is 0 Å². The summed E-state index contributed by atoms with van der Waals surface area (Å²) < 4.78 is 0. The minimum absolute atomic E-state index is 0.653. The van der Waals surface area contributed by atoms with Gasteiger partial charge in [0.1, 0.15) is 0 Å². The molecule has 0 aliphatic rings. The van der Waals surface area contributed by atoms with Crippen LogP contribution in [-0.4, -0.2) is 37.1 Å². The first-order valence-electron chi connectivity index (χ1n) is 6.81. The molecule has 0 amide bonds. The summed E-state index contributed by atoms with van der Waals surface area (Å²) in [5.41, 5.74) is 0. The fraction of sp³-hybridized carbons (Fsp3) is 0.857. The Balaban J connectivity index is 3.35. The van der Waals surface area contributed by atoms with E-state index in [0.717, 1.165) is 13.0 Å². The predicted molar refractivity (Wildman–Crippen MR) is 73.9 cm³/mol. The molecule has 0 radical (unpaired) electrons. The highest BCUT2D eigenvalue weighted by Gasteiger charge is 2.02. The number of rotatable bonds is 11. The third-order valence-electron chi connectivity index (χ3n) is 3.08. The van der Waals surface area contributed by atoms with Gasteiger partial charge in [0.05, 0.1) is 0 Å². The van der Waals surface area contributed by atoms with Gasteiger partial charge in [-0.05, 0) is 58.8 Å². The lowest BCUT2D eigenvalue weighted by Crippen LogP contribution is -2.29. The van der Waals surface area contributed by atoms with Gasteiger partial charge < -0.3 is 10.2 Å². The van der Waals surface area contributed by atoms with E-state index >= 15 is 0 Å². The van der Waals surface area contributed by atoms with Crippen LogP contribution < -0.4 is 5.32 Å². The van der Waals surface area contributed by atoms with Gasteiger partial charge in [-0.15, -0.1) is 6.58 Å². The summed E-state index contributed by atoms with van der Waals surface area (Å²) in [6.45, 7) is 15.2. The van der Waals surface area contributed by atoms with E-state index in [-0.39, 0.29) is 0 Å². The van der Waals surface area contributed by atoms with Crippen LogP contribution in [0.3, 0.4) is 0 Å².